The molecule has 1 aliphatic heterocycles. The van der Waals surface area contributed by atoms with Crippen LogP contribution in [0, 0.1) is 0 Å². The van der Waals surface area contributed by atoms with E-state index in [0.717, 1.165) is 0 Å². The third-order valence-corrected chi connectivity index (χ3v) is 4.44. The minimum Gasteiger partial charge on any atom is -0.497 e. The average Bonchev–Trinajstić information content (AvgIpc) is 2.31. The molecule has 0 spiro atoms. The summed E-state index contributed by atoms with van der Waals surface area (Å²) in [5.41, 5.74) is 0.149. The van der Waals surface area contributed by atoms with E-state index in [9.17, 15) is 21.6 Å². The summed E-state index contributed by atoms with van der Waals surface area (Å²) in [5, 5.41) is 0. The monoisotopic (exact) mass is 295 g/mol. The van der Waals surface area contributed by atoms with Gasteiger partial charge in [0.2, 0.25) is 10.0 Å². The van der Waals surface area contributed by atoms with E-state index >= 15 is 0 Å². The van der Waals surface area contributed by atoms with E-state index in [2.05, 4.69) is 4.72 Å². The van der Waals surface area contributed by atoms with Crippen LogP contribution in [0.2, 0.25) is 0 Å². The largest absolute Gasteiger partial charge is 0.497 e. The molecular formula is C11H12F3NO3S. The van der Waals surface area contributed by atoms with Gasteiger partial charge in [0, 0.05) is 12.5 Å². The van der Waals surface area contributed by atoms with Crippen LogP contribution in [0.1, 0.15) is 17.9 Å². The zero-order valence-electron chi connectivity index (χ0n) is 9.99. The fourth-order valence-corrected chi connectivity index (χ4v) is 3.44. The van der Waals surface area contributed by atoms with E-state index in [1.165, 1.54) is 25.3 Å². The summed E-state index contributed by atoms with van der Waals surface area (Å²) in [6.07, 6.45) is -5.43. The van der Waals surface area contributed by atoms with Crippen molar-refractivity contribution in [1.29, 1.82) is 0 Å². The number of hydrogen-bond acceptors (Lipinski definition) is 3. The van der Waals surface area contributed by atoms with Crippen molar-refractivity contribution in [3.63, 3.8) is 0 Å². The summed E-state index contributed by atoms with van der Waals surface area (Å²) in [6.45, 7) is -0.262. The average molecular weight is 295 g/mol. The normalized spacial score (nSPS) is 21.8. The molecule has 1 aliphatic rings. The molecule has 0 amide bonds. The van der Waals surface area contributed by atoms with Gasteiger partial charge in [-0.05, 0) is 23.8 Å². The van der Waals surface area contributed by atoms with Gasteiger partial charge in [-0.1, -0.05) is 0 Å². The highest BCUT2D eigenvalue weighted by Gasteiger charge is 2.38. The lowest BCUT2D eigenvalue weighted by atomic mass is 9.95. The molecule has 1 atom stereocenters. The second-order valence-corrected chi connectivity index (χ2v) is 6.01. The van der Waals surface area contributed by atoms with Crippen molar-refractivity contribution in [2.45, 2.75) is 23.4 Å². The third kappa shape index (κ3) is 3.01. The van der Waals surface area contributed by atoms with Crippen molar-refractivity contribution in [2.24, 2.45) is 0 Å². The molecule has 0 saturated carbocycles. The summed E-state index contributed by atoms with van der Waals surface area (Å²) in [6, 6.07) is 4.02. The van der Waals surface area contributed by atoms with Gasteiger partial charge in [0.25, 0.3) is 0 Å². The highest BCUT2D eigenvalue weighted by atomic mass is 32.2. The van der Waals surface area contributed by atoms with E-state index in [1.54, 1.807) is 0 Å². The summed E-state index contributed by atoms with van der Waals surface area (Å²) in [5.74, 6) is -0.600. The number of nitrogens with one attached hydrogen (secondary N) is 1. The van der Waals surface area contributed by atoms with Gasteiger partial charge in [-0.2, -0.15) is 13.2 Å². The molecule has 1 aromatic rings. The number of ether oxygens (including phenoxy) is 1. The highest BCUT2D eigenvalue weighted by molar-refractivity contribution is 7.89. The number of halogens is 3. The quantitative estimate of drug-likeness (QED) is 0.908. The Bertz CT molecular complexity index is 583. The molecule has 0 fully saturated rings. The number of benzene rings is 1. The molecule has 0 aliphatic carbocycles. The number of sulfonamides is 1. The zero-order chi connectivity index (χ0) is 14.3. The topological polar surface area (TPSA) is 55.4 Å². The minimum absolute atomic E-state index is 0.117. The molecule has 0 radical (unpaired) electrons. The van der Waals surface area contributed by atoms with Gasteiger partial charge < -0.3 is 4.74 Å². The Morgan fingerprint density at radius 1 is 1.42 bits per heavy atom. The van der Waals surface area contributed by atoms with E-state index in [0.29, 0.717) is 5.75 Å². The number of fused-ring (bicyclic) bond motifs is 1. The highest BCUT2D eigenvalue weighted by Crippen LogP contribution is 2.37. The molecule has 1 N–H and O–H groups in total. The first-order valence-corrected chi connectivity index (χ1v) is 6.95. The first kappa shape index (κ1) is 14.1. The van der Waals surface area contributed by atoms with Gasteiger partial charge >= 0.3 is 6.18 Å². The van der Waals surface area contributed by atoms with Crippen molar-refractivity contribution < 1.29 is 26.3 Å². The number of alkyl halides is 3. The van der Waals surface area contributed by atoms with E-state index in [4.69, 9.17) is 4.74 Å². The molecule has 4 nitrogen and oxygen atoms in total. The third-order valence-electron chi connectivity index (χ3n) is 2.94. The first-order valence-electron chi connectivity index (χ1n) is 5.47. The Morgan fingerprint density at radius 3 is 2.68 bits per heavy atom. The van der Waals surface area contributed by atoms with Gasteiger partial charge in [0.15, 0.2) is 0 Å². The van der Waals surface area contributed by atoms with Crippen molar-refractivity contribution in [2.75, 3.05) is 13.7 Å². The van der Waals surface area contributed by atoms with Crippen molar-refractivity contribution in [3.05, 3.63) is 23.8 Å². The number of hydrogen-bond donors (Lipinski definition) is 1. The Hall–Kier alpha value is -1.28. The Labute approximate surface area is 108 Å². The van der Waals surface area contributed by atoms with Crippen molar-refractivity contribution in [1.82, 2.24) is 4.72 Å². The number of rotatable bonds is 2. The molecule has 0 bridgehead atoms. The summed E-state index contributed by atoms with van der Waals surface area (Å²) in [7, 11) is -2.36. The van der Waals surface area contributed by atoms with Crippen LogP contribution < -0.4 is 9.46 Å². The fraction of sp³-hybridized carbons (Fsp3) is 0.455. The van der Waals surface area contributed by atoms with E-state index < -0.39 is 28.5 Å². The molecule has 19 heavy (non-hydrogen) atoms. The molecule has 106 valence electrons. The standard InChI is InChI=1S/C11H12F3NO3S/c1-18-8-2-3-10-9(4-8)7(5-11(12,13)14)6-15-19(10,16)17/h2-4,7,15H,5-6H2,1H3/t7-/m0/s1. The lowest BCUT2D eigenvalue weighted by Crippen LogP contribution is -2.36. The smallest absolute Gasteiger partial charge is 0.389 e. The minimum atomic E-state index is -4.35. The lowest BCUT2D eigenvalue weighted by molar-refractivity contribution is -0.138. The number of methoxy groups -OCH3 is 1. The Morgan fingerprint density at radius 2 is 2.11 bits per heavy atom. The van der Waals surface area contributed by atoms with Crippen LogP contribution in [0.25, 0.3) is 0 Å². The summed E-state index contributed by atoms with van der Waals surface area (Å²) < 4.78 is 68.1. The van der Waals surface area contributed by atoms with E-state index in [-0.39, 0.29) is 17.0 Å². The van der Waals surface area contributed by atoms with Crippen LogP contribution in [0.3, 0.4) is 0 Å². The second-order valence-electron chi connectivity index (χ2n) is 4.27. The summed E-state index contributed by atoms with van der Waals surface area (Å²) in [4.78, 5) is -0.117. The molecular weight excluding hydrogens is 283 g/mol. The van der Waals surface area contributed by atoms with Crippen LogP contribution >= 0.6 is 0 Å². The SMILES string of the molecule is COc1ccc2c(c1)[C@@H](CC(F)(F)F)CNS2(=O)=O. The molecule has 1 heterocycles. The van der Waals surface area contributed by atoms with Crippen LogP contribution in [0.15, 0.2) is 23.1 Å². The maximum absolute atomic E-state index is 12.5. The first-order chi connectivity index (χ1) is 8.73. The molecule has 1 aromatic carbocycles. The molecule has 0 aromatic heterocycles. The lowest BCUT2D eigenvalue weighted by Gasteiger charge is -2.27. The molecule has 2 rings (SSSR count). The molecule has 8 heteroatoms. The predicted octanol–water partition coefficient (Wildman–Crippen LogP) is 2.02. The van der Waals surface area contributed by atoms with Crippen LogP contribution in [-0.2, 0) is 10.0 Å². The second kappa shape index (κ2) is 4.68. The Kier molecular flexibility index (Phi) is 3.48. The van der Waals surface area contributed by atoms with Gasteiger partial charge in [0.1, 0.15) is 5.75 Å². The zero-order valence-corrected chi connectivity index (χ0v) is 10.8. The predicted molar refractivity (Wildman–Crippen MR) is 61.6 cm³/mol. The van der Waals surface area contributed by atoms with E-state index in [1.807, 2.05) is 0 Å². The van der Waals surface area contributed by atoms with Crippen LogP contribution in [0.4, 0.5) is 13.2 Å². The van der Waals surface area contributed by atoms with Crippen molar-refractivity contribution in [3.8, 4) is 5.75 Å². The van der Waals surface area contributed by atoms with Gasteiger partial charge in [-0.3, -0.25) is 0 Å². The van der Waals surface area contributed by atoms with Gasteiger partial charge in [-0.25, -0.2) is 13.1 Å². The van der Waals surface area contributed by atoms with Crippen LogP contribution in [0.5, 0.6) is 5.75 Å². The summed E-state index contributed by atoms with van der Waals surface area (Å²) >= 11 is 0. The van der Waals surface area contributed by atoms with Crippen molar-refractivity contribution >= 4 is 10.0 Å². The maximum Gasteiger partial charge on any atom is 0.389 e. The molecule has 0 unspecified atom stereocenters. The maximum atomic E-state index is 12.5. The van der Waals surface area contributed by atoms with Gasteiger partial charge in [0.05, 0.1) is 18.4 Å². The molecule has 0 saturated heterocycles. The van der Waals surface area contributed by atoms with Crippen LogP contribution in [-0.4, -0.2) is 28.2 Å². The fourth-order valence-electron chi connectivity index (χ4n) is 2.08. The Balaban J connectivity index is 2.48. The van der Waals surface area contributed by atoms with Gasteiger partial charge in [-0.15, -0.1) is 0 Å².